The third-order valence-corrected chi connectivity index (χ3v) is 9.24. The van der Waals surface area contributed by atoms with Gasteiger partial charge in [-0.1, -0.05) is 18.2 Å². The fourth-order valence-electron chi connectivity index (χ4n) is 6.46. The molecule has 8 heteroatoms. The highest BCUT2D eigenvalue weighted by Crippen LogP contribution is 2.44. The van der Waals surface area contributed by atoms with Crippen molar-refractivity contribution in [3.63, 3.8) is 0 Å². The summed E-state index contributed by atoms with van der Waals surface area (Å²) in [4.78, 5) is 35.7. The quantitative estimate of drug-likeness (QED) is 0.364. The number of anilines is 3. The molecule has 212 valence electrons. The molecule has 3 aliphatic heterocycles. The molecule has 3 aliphatic rings. The second-order valence-corrected chi connectivity index (χ2v) is 11.7. The number of hydrogen-bond acceptors (Lipinski definition) is 6. The molecule has 3 aromatic carbocycles. The number of nitrogens with two attached hydrogens (primary N) is 1. The first-order valence-corrected chi connectivity index (χ1v) is 14.5. The Hall–Kier alpha value is -4.17. The van der Waals surface area contributed by atoms with Crippen molar-refractivity contribution in [2.75, 3.05) is 68.4 Å². The van der Waals surface area contributed by atoms with Gasteiger partial charge < -0.3 is 30.7 Å². The molecule has 1 spiro atoms. The van der Waals surface area contributed by atoms with Gasteiger partial charge in [0, 0.05) is 80.2 Å². The van der Waals surface area contributed by atoms with Crippen LogP contribution in [0.2, 0.25) is 0 Å². The van der Waals surface area contributed by atoms with Gasteiger partial charge in [0.1, 0.15) is 0 Å². The lowest BCUT2D eigenvalue weighted by molar-refractivity contribution is -0.127. The van der Waals surface area contributed by atoms with Crippen LogP contribution in [0, 0.1) is 10.8 Å². The van der Waals surface area contributed by atoms with Gasteiger partial charge in [0.2, 0.25) is 5.91 Å². The average molecular weight is 551 g/mol. The zero-order valence-corrected chi connectivity index (χ0v) is 23.7. The first-order chi connectivity index (χ1) is 19.9. The lowest BCUT2D eigenvalue weighted by Crippen LogP contribution is -2.46. The molecule has 6 rings (SSSR count). The van der Waals surface area contributed by atoms with Gasteiger partial charge in [0.25, 0.3) is 5.91 Å². The van der Waals surface area contributed by atoms with Crippen LogP contribution in [0.5, 0.6) is 0 Å². The van der Waals surface area contributed by atoms with Crippen molar-refractivity contribution in [3.05, 3.63) is 77.9 Å². The molecule has 8 nitrogen and oxygen atoms in total. The van der Waals surface area contributed by atoms with Crippen LogP contribution in [0.3, 0.4) is 0 Å². The molecule has 0 aliphatic carbocycles. The van der Waals surface area contributed by atoms with E-state index in [2.05, 4.69) is 29.0 Å². The maximum Gasteiger partial charge on any atom is 0.253 e. The van der Waals surface area contributed by atoms with E-state index in [-0.39, 0.29) is 11.8 Å². The number of amides is 2. The number of benzene rings is 3. The van der Waals surface area contributed by atoms with Gasteiger partial charge in [-0.25, -0.2) is 0 Å². The number of rotatable bonds is 5. The van der Waals surface area contributed by atoms with Gasteiger partial charge in [0.05, 0.1) is 5.41 Å². The number of carbonyl (C=O) groups excluding carboxylic acids is 2. The lowest BCUT2D eigenvalue weighted by Gasteiger charge is -2.38. The van der Waals surface area contributed by atoms with Crippen LogP contribution < -0.4 is 15.5 Å². The SMILES string of the molecule is CN1CCN(c2ccc(C(=O)N3CCC4(CC3)CCN(c3cccc(-c5ccc(N)c(C=N)c5)c3)C4=O)cc2)CC1. The van der Waals surface area contributed by atoms with Crippen molar-refractivity contribution in [3.8, 4) is 11.1 Å². The lowest BCUT2D eigenvalue weighted by atomic mass is 9.77. The Morgan fingerprint density at radius 1 is 0.829 bits per heavy atom. The van der Waals surface area contributed by atoms with Crippen molar-refractivity contribution in [2.45, 2.75) is 19.3 Å². The Balaban J connectivity index is 1.10. The Kier molecular flexibility index (Phi) is 7.26. The van der Waals surface area contributed by atoms with E-state index in [4.69, 9.17) is 11.1 Å². The van der Waals surface area contributed by atoms with E-state index in [1.807, 2.05) is 64.4 Å². The summed E-state index contributed by atoms with van der Waals surface area (Å²) < 4.78 is 0. The Morgan fingerprint density at radius 3 is 2.22 bits per heavy atom. The predicted octanol–water partition coefficient (Wildman–Crippen LogP) is 4.34. The Labute approximate surface area is 241 Å². The molecule has 0 radical (unpaired) electrons. The molecule has 0 unspecified atom stereocenters. The number of nitrogen functional groups attached to an aromatic ring is 1. The minimum atomic E-state index is -0.410. The summed E-state index contributed by atoms with van der Waals surface area (Å²) in [7, 11) is 2.15. The average Bonchev–Trinajstić information content (AvgIpc) is 3.32. The summed E-state index contributed by atoms with van der Waals surface area (Å²) in [6.45, 7) is 5.96. The number of piperazine rings is 1. The van der Waals surface area contributed by atoms with Gasteiger partial charge in [-0.3, -0.25) is 9.59 Å². The molecule has 3 fully saturated rings. The maximum atomic E-state index is 13.8. The highest BCUT2D eigenvalue weighted by atomic mass is 16.2. The van der Waals surface area contributed by atoms with E-state index in [1.54, 1.807) is 0 Å². The van der Waals surface area contributed by atoms with Gasteiger partial charge in [-0.05, 0) is 86.0 Å². The summed E-state index contributed by atoms with van der Waals surface area (Å²) in [5, 5.41) is 7.62. The van der Waals surface area contributed by atoms with E-state index in [0.717, 1.165) is 49.4 Å². The fraction of sp³-hybridized carbons (Fsp3) is 0.364. The number of likely N-dealkylation sites (tertiary alicyclic amines) is 1. The molecule has 3 N–H and O–H groups in total. The van der Waals surface area contributed by atoms with E-state index in [9.17, 15) is 9.59 Å². The smallest absolute Gasteiger partial charge is 0.253 e. The Bertz CT molecular complexity index is 1450. The van der Waals surface area contributed by atoms with E-state index < -0.39 is 5.41 Å². The molecule has 0 aromatic heterocycles. The number of carbonyl (C=O) groups is 2. The van der Waals surface area contributed by atoms with Crippen LogP contribution in [-0.2, 0) is 4.79 Å². The molecule has 3 aromatic rings. The molecule has 0 bridgehead atoms. The minimum Gasteiger partial charge on any atom is -0.398 e. The normalized spacial score (nSPS) is 19.1. The monoisotopic (exact) mass is 550 g/mol. The topological polar surface area (TPSA) is 97.0 Å². The van der Waals surface area contributed by atoms with Crippen LogP contribution >= 0.6 is 0 Å². The zero-order valence-electron chi connectivity index (χ0n) is 23.7. The summed E-state index contributed by atoms with van der Waals surface area (Å²) >= 11 is 0. The molecular weight excluding hydrogens is 512 g/mol. The largest absolute Gasteiger partial charge is 0.398 e. The third kappa shape index (κ3) is 5.20. The minimum absolute atomic E-state index is 0.0487. The van der Waals surface area contributed by atoms with Gasteiger partial charge >= 0.3 is 0 Å². The van der Waals surface area contributed by atoms with Crippen molar-refractivity contribution in [2.24, 2.45) is 5.41 Å². The summed E-state index contributed by atoms with van der Waals surface area (Å²) in [6.07, 6.45) is 3.44. The second kappa shape index (κ2) is 11.0. The summed E-state index contributed by atoms with van der Waals surface area (Å²) in [6, 6.07) is 21.7. The highest BCUT2D eigenvalue weighted by molar-refractivity contribution is 6.01. The molecule has 0 saturated carbocycles. The van der Waals surface area contributed by atoms with Gasteiger partial charge in [-0.15, -0.1) is 0 Å². The van der Waals surface area contributed by atoms with Gasteiger partial charge in [-0.2, -0.15) is 0 Å². The van der Waals surface area contributed by atoms with Crippen molar-refractivity contribution in [1.29, 1.82) is 5.41 Å². The Morgan fingerprint density at radius 2 is 1.51 bits per heavy atom. The second-order valence-electron chi connectivity index (χ2n) is 11.7. The highest BCUT2D eigenvalue weighted by Gasteiger charge is 2.49. The summed E-state index contributed by atoms with van der Waals surface area (Å²) in [5.74, 6) is 0.211. The molecule has 2 amide bonds. The number of nitrogens with one attached hydrogen (secondary N) is 1. The molecule has 41 heavy (non-hydrogen) atoms. The number of piperidine rings is 1. The maximum absolute atomic E-state index is 13.8. The molecule has 3 saturated heterocycles. The van der Waals surface area contributed by atoms with Crippen molar-refractivity contribution >= 4 is 35.1 Å². The van der Waals surface area contributed by atoms with Crippen LogP contribution in [0.25, 0.3) is 11.1 Å². The van der Waals surface area contributed by atoms with E-state index >= 15 is 0 Å². The zero-order chi connectivity index (χ0) is 28.6. The first-order valence-electron chi connectivity index (χ1n) is 14.5. The summed E-state index contributed by atoms with van der Waals surface area (Å²) in [5.41, 5.74) is 11.5. The predicted molar refractivity (Wildman–Crippen MR) is 165 cm³/mol. The van der Waals surface area contributed by atoms with Gasteiger partial charge in [0.15, 0.2) is 0 Å². The fourth-order valence-corrected chi connectivity index (χ4v) is 6.46. The molecule has 0 atom stereocenters. The molecule has 3 heterocycles. The van der Waals surface area contributed by atoms with Crippen LogP contribution in [0.1, 0.15) is 35.2 Å². The molecular formula is C33H38N6O2. The number of likely N-dealkylation sites (N-methyl/N-ethyl adjacent to an activating group) is 1. The van der Waals surface area contributed by atoms with Crippen LogP contribution in [0.4, 0.5) is 17.1 Å². The number of hydrogen-bond donors (Lipinski definition) is 2. The number of nitrogens with zero attached hydrogens (tertiary/aromatic N) is 4. The van der Waals surface area contributed by atoms with Crippen molar-refractivity contribution in [1.82, 2.24) is 9.80 Å². The van der Waals surface area contributed by atoms with Crippen LogP contribution in [-0.4, -0.2) is 80.7 Å². The van der Waals surface area contributed by atoms with E-state index in [1.165, 1.54) is 11.9 Å². The van der Waals surface area contributed by atoms with Crippen LogP contribution in [0.15, 0.2) is 66.7 Å². The standard InChI is InChI=1S/C33H38N6O2/c1-36-17-19-37(20-18-36)28-8-5-24(6-9-28)31(40)38-14-11-33(12-15-38)13-16-39(32(33)41)29-4-2-3-25(22-29)26-7-10-30(35)27(21-26)23-34/h2-10,21-23,34H,11-20,35H2,1H3. The first kappa shape index (κ1) is 27.0. The van der Waals surface area contributed by atoms with Crippen molar-refractivity contribution < 1.29 is 9.59 Å². The third-order valence-electron chi connectivity index (χ3n) is 9.24. The van der Waals surface area contributed by atoms with E-state index in [0.29, 0.717) is 49.3 Å².